The lowest BCUT2D eigenvalue weighted by atomic mass is 10.5. The molecule has 0 amide bonds. The summed E-state index contributed by atoms with van der Waals surface area (Å²) in [4.78, 5) is 56.5. The van der Waals surface area contributed by atoms with E-state index in [4.69, 9.17) is 0 Å². The SMILES string of the molecule is c1c[nH]cn1.c1cc[nH]c1.c1ccncc1.c1ccoc1.c1ccsc1.c1cnccn1.c1cncnc1.c1cnncn1.c1cocn1.c1cscn1.c1ncncn1.c1ncon1.c1ncsn1.c1nnco1.c1nncs1. The van der Waals surface area contributed by atoms with E-state index in [1.54, 1.807) is 150 Å². The van der Waals surface area contributed by atoms with Crippen molar-refractivity contribution in [3.05, 3.63) is 293 Å². The molecule has 2 N–H and O–H groups in total. The molecule has 0 aliphatic heterocycles. The summed E-state index contributed by atoms with van der Waals surface area (Å²) in [5.74, 6) is 0. The molecule has 0 bridgehead atoms. The Labute approximate surface area is 473 Å². The average Bonchev–Trinajstić information content (AvgIpc) is 4.41. The minimum absolute atomic E-state index is 1.26. The third-order valence-corrected chi connectivity index (χ3v) is 7.92. The molecule has 0 radical (unpaired) electrons. The van der Waals surface area contributed by atoms with Gasteiger partial charge in [0.15, 0.2) is 12.7 Å². The number of furan rings is 1. The quantitative estimate of drug-likeness (QED) is 0.143. The summed E-state index contributed by atoms with van der Waals surface area (Å²) in [6.07, 6.45) is 48.7. The van der Waals surface area contributed by atoms with E-state index in [0.29, 0.717) is 0 Å². The molecule has 0 aliphatic carbocycles. The predicted molar refractivity (Wildman–Crippen MR) is 297 cm³/mol. The lowest BCUT2D eigenvalue weighted by Crippen LogP contribution is -1.75. The summed E-state index contributed by atoms with van der Waals surface area (Å²) >= 11 is 6.16. The Balaban J connectivity index is 0.000000429. The summed E-state index contributed by atoms with van der Waals surface area (Å²) < 4.78 is 21.3. The maximum Gasteiger partial charge on any atom is 0.213 e. The van der Waals surface area contributed by atoms with Crippen LogP contribution in [0.2, 0.25) is 0 Å². The highest BCUT2D eigenvalue weighted by Crippen LogP contribution is 1.91. The second-order valence-electron chi connectivity index (χ2n) is 11.3. The smallest absolute Gasteiger partial charge is 0.213 e. The Kier molecular flexibility index (Phi) is 53.8. The van der Waals surface area contributed by atoms with Gasteiger partial charge in [-0.25, -0.2) is 49.8 Å². The lowest BCUT2D eigenvalue weighted by molar-refractivity contribution is 0.416. The van der Waals surface area contributed by atoms with E-state index in [1.165, 1.54) is 105 Å². The first kappa shape index (κ1) is 67.1. The molecule has 32 heteroatoms. The van der Waals surface area contributed by atoms with Crippen LogP contribution in [0.5, 0.6) is 0 Å². The van der Waals surface area contributed by atoms with Gasteiger partial charge in [0, 0.05) is 92.1 Å². The van der Waals surface area contributed by atoms with Crippen LogP contribution < -0.4 is 0 Å². The molecule has 0 spiro atoms. The van der Waals surface area contributed by atoms with Gasteiger partial charge in [-0.3, -0.25) is 19.9 Å². The van der Waals surface area contributed by atoms with Crippen LogP contribution in [0, 0.1) is 0 Å². The summed E-state index contributed by atoms with van der Waals surface area (Å²) in [5, 5.41) is 29.7. The zero-order valence-electron chi connectivity index (χ0n) is 41.8. The van der Waals surface area contributed by atoms with Crippen molar-refractivity contribution in [1.29, 1.82) is 0 Å². The van der Waals surface area contributed by atoms with Crippen LogP contribution in [0.15, 0.2) is 311 Å². The summed E-state index contributed by atoms with van der Waals surface area (Å²) in [6.45, 7) is 0. The topological polar surface area (TPSA) is 368 Å². The second kappa shape index (κ2) is 64.2. The highest BCUT2D eigenvalue weighted by atomic mass is 32.1. The molecule has 0 atom stereocenters. The average molecular weight is 1160 g/mol. The Hall–Kier alpha value is -11.0. The third-order valence-electron chi connectivity index (χ3n) is 5.90. The normalized spacial score (nSPS) is 8.00. The van der Waals surface area contributed by atoms with E-state index in [0.717, 1.165) is 0 Å². The Morgan fingerprint density at radius 1 is 0.287 bits per heavy atom. The molecule has 80 heavy (non-hydrogen) atoms. The molecule has 15 heterocycles. The molecular weight excluding hydrogens is 1100 g/mol. The first-order valence-corrected chi connectivity index (χ1v) is 25.4. The van der Waals surface area contributed by atoms with Gasteiger partial charge in [-0.2, -0.15) is 20.8 Å². The van der Waals surface area contributed by atoms with Crippen molar-refractivity contribution < 1.29 is 17.8 Å². The molecular formula is C48H50N24O4S4. The molecule has 0 saturated carbocycles. The number of thiophene rings is 1. The number of pyridine rings is 1. The number of aromatic amines is 2. The first-order valence-electron chi connectivity index (χ1n) is 21.7. The van der Waals surface area contributed by atoms with Crippen molar-refractivity contribution >= 4 is 45.5 Å². The van der Waals surface area contributed by atoms with Crippen LogP contribution in [0.4, 0.5) is 0 Å². The monoisotopic (exact) mass is 1150 g/mol. The Bertz CT molecular complexity index is 2060. The minimum Gasteiger partial charge on any atom is -0.473 e. The number of hydrogen-bond donors (Lipinski definition) is 2. The maximum atomic E-state index is 4.58. The minimum atomic E-state index is 1.26. The molecule has 410 valence electrons. The van der Waals surface area contributed by atoms with Crippen molar-refractivity contribution in [2.24, 2.45) is 0 Å². The standard InChI is InChI=1S/C5H5N.2C4H4N2.C4H5N.C4H4O.C4H4S.2C3H3N3.C3H4N2.C3H3NO.C3H3NS.2C2H2N2O.2C2H2N2S/c1-2-4-6-5-3-1;1-2-6-4-3-5-1;1-2-5-4-6-3-1;3*1-2-4-5-3-1;1-4-2-6-3-5-1;1-2-5-6-3-4-1;3*1-2-5-3-4-1;1-3-4-2-5-1;1-3-2-5-4-1;1-3-4-2-5-1;1-3-2-5-4-1/h1-5H;2*1-4H;1-5H;2*1-4H;2*1-3H;1-3H,(H,4,5);2*1-3H;4*1-2H. The van der Waals surface area contributed by atoms with Crippen LogP contribution in [-0.4, -0.2) is 120 Å². The Morgan fingerprint density at radius 2 is 0.950 bits per heavy atom. The van der Waals surface area contributed by atoms with Gasteiger partial charge < -0.3 is 27.7 Å². The number of imidazole rings is 1. The van der Waals surface area contributed by atoms with Crippen LogP contribution in [-0.2, 0) is 0 Å². The van der Waals surface area contributed by atoms with Gasteiger partial charge in [-0.1, -0.05) is 23.4 Å². The van der Waals surface area contributed by atoms with Crippen LogP contribution >= 0.6 is 45.5 Å². The van der Waals surface area contributed by atoms with E-state index in [-0.39, 0.29) is 0 Å². The molecule has 0 aliphatic rings. The Morgan fingerprint density at radius 3 is 1.14 bits per heavy atom. The molecule has 15 rings (SSSR count). The number of hydrogen-bond acceptors (Lipinski definition) is 30. The van der Waals surface area contributed by atoms with Crippen LogP contribution in [0.1, 0.15) is 0 Å². The third kappa shape index (κ3) is 61.3. The van der Waals surface area contributed by atoms with Crippen molar-refractivity contribution in [1.82, 2.24) is 120 Å². The lowest BCUT2D eigenvalue weighted by Gasteiger charge is -1.70. The van der Waals surface area contributed by atoms with Gasteiger partial charge in [0.2, 0.25) is 19.2 Å². The largest absolute Gasteiger partial charge is 0.473 e. The predicted octanol–water partition coefficient (Wildman–Crippen LogP) is 9.26. The molecule has 15 aromatic heterocycles. The highest BCUT2D eigenvalue weighted by molar-refractivity contribution is 7.08. The number of aromatic nitrogens is 24. The highest BCUT2D eigenvalue weighted by Gasteiger charge is 1.66. The van der Waals surface area contributed by atoms with E-state index in [1.807, 2.05) is 83.1 Å². The van der Waals surface area contributed by atoms with Crippen molar-refractivity contribution in [3.8, 4) is 0 Å². The van der Waals surface area contributed by atoms with E-state index >= 15 is 0 Å². The number of nitrogens with one attached hydrogen (secondary N) is 2. The van der Waals surface area contributed by atoms with Crippen molar-refractivity contribution in [3.63, 3.8) is 0 Å². The van der Waals surface area contributed by atoms with Gasteiger partial charge in [0.1, 0.15) is 60.8 Å². The van der Waals surface area contributed by atoms with Crippen molar-refractivity contribution in [2.75, 3.05) is 0 Å². The van der Waals surface area contributed by atoms with E-state index in [9.17, 15) is 0 Å². The van der Waals surface area contributed by atoms with Gasteiger partial charge in [-0.05, 0) is 64.8 Å². The molecule has 0 aromatic carbocycles. The van der Waals surface area contributed by atoms with E-state index < -0.39 is 0 Å². The van der Waals surface area contributed by atoms with Gasteiger partial charge in [0.25, 0.3) is 0 Å². The van der Waals surface area contributed by atoms with Gasteiger partial charge in [-0.15, -0.1) is 48.2 Å². The van der Waals surface area contributed by atoms with Crippen LogP contribution in [0.25, 0.3) is 0 Å². The van der Waals surface area contributed by atoms with Gasteiger partial charge in [0.05, 0.1) is 36.8 Å². The number of nitrogens with zero attached hydrogens (tertiary/aromatic N) is 22. The molecule has 0 fully saturated rings. The van der Waals surface area contributed by atoms with Crippen LogP contribution in [0.3, 0.4) is 0 Å². The zero-order chi connectivity index (χ0) is 56.6. The molecule has 15 aromatic rings. The molecule has 0 unspecified atom stereocenters. The van der Waals surface area contributed by atoms with Crippen molar-refractivity contribution in [2.45, 2.75) is 0 Å². The first-order chi connectivity index (χ1) is 40.0. The van der Waals surface area contributed by atoms with E-state index in [2.05, 4.69) is 138 Å². The zero-order valence-corrected chi connectivity index (χ0v) is 45.1. The summed E-state index contributed by atoms with van der Waals surface area (Å²) in [5.41, 5.74) is 6.83. The molecule has 0 saturated heterocycles. The number of H-pyrrole nitrogens is 2. The second-order valence-corrected chi connectivity index (χ2v) is 14.2. The maximum absolute atomic E-state index is 4.58. The summed E-state index contributed by atoms with van der Waals surface area (Å²) in [7, 11) is 0. The fourth-order valence-corrected chi connectivity index (χ4v) is 4.42. The number of oxazole rings is 1. The molecule has 28 nitrogen and oxygen atoms in total. The van der Waals surface area contributed by atoms with Gasteiger partial charge >= 0.3 is 0 Å². The fourth-order valence-electron chi connectivity index (χ4n) is 3.07. The fraction of sp³-hybridized carbons (Fsp3) is 0. The summed E-state index contributed by atoms with van der Waals surface area (Å²) in [6, 6.07) is 19.1. The number of rotatable bonds is 0. The number of thiazole rings is 1.